The molecule has 0 fully saturated rings. The molecule has 3 rings (SSSR count). The minimum absolute atomic E-state index is 0.0316. The summed E-state index contributed by atoms with van der Waals surface area (Å²) in [7, 11) is 0. The zero-order chi connectivity index (χ0) is 18.5. The first-order chi connectivity index (χ1) is 12.5. The van der Waals surface area contributed by atoms with E-state index in [1.165, 1.54) is 24.3 Å². The van der Waals surface area contributed by atoms with Crippen LogP contribution < -0.4 is 10.6 Å². The average molecular weight is 350 g/mol. The van der Waals surface area contributed by atoms with Crippen LogP contribution in [0.1, 0.15) is 0 Å². The number of nitro benzene ring substituents is 2. The maximum Gasteiger partial charge on any atom is 0.269 e. The van der Waals surface area contributed by atoms with Gasteiger partial charge in [0.15, 0.2) is 0 Å². The van der Waals surface area contributed by atoms with E-state index in [1.807, 2.05) is 24.3 Å². The van der Waals surface area contributed by atoms with Crippen molar-refractivity contribution in [3.05, 3.63) is 93.0 Å². The Morgan fingerprint density at radius 3 is 1.31 bits per heavy atom. The van der Waals surface area contributed by atoms with E-state index >= 15 is 0 Å². The highest BCUT2D eigenvalue weighted by Crippen LogP contribution is 2.25. The lowest BCUT2D eigenvalue weighted by atomic mass is 10.2. The van der Waals surface area contributed by atoms with Crippen LogP contribution in [0.25, 0.3) is 0 Å². The fourth-order valence-corrected chi connectivity index (χ4v) is 2.34. The Balaban J connectivity index is 1.71. The summed E-state index contributed by atoms with van der Waals surface area (Å²) in [6.45, 7) is 0. The van der Waals surface area contributed by atoms with Crippen LogP contribution in [0.2, 0.25) is 0 Å². The number of hydrogen-bond acceptors (Lipinski definition) is 6. The summed E-state index contributed by atoms with van der Waals surface area (Å²) in [5.74, 6) is 0. The molecular weight excluding hydrogens is 336 g/mol. The fraction of sp³-hybridized carbons (Fsp3) is 0. The molecule has 0 spiro atoms. The van der Waals surface area contributed by atoms with Gasteiger partial charge in [-0.05, 0) is 42.5 Å². The highest BCUT2D eigenvalue weighted by atomic mass is 16.6. The van der Waals surface area contributed by atoms with Crippen molar-refractivity contribution in [3.8, 4) is 0 Å². The van der Waals surface area contributed by atoms with Gasteiger partial charge >= 0.3 is 0 Å². The third-order valence-electron chi connectivity index (χ3n) is 3.60. The van der Waals surface area contributed by atoms with Gasteiger partial charge in [-0.15, -0.1) is 0 Å². The van der Waals surface area contributed by atoms with Gasteiger partial charge in [0.25, 0.3) is 11.4 Å². The summed E-state index contributed by atoms with van der Waals surface area (Å²) >= 11 is 0. The van der Waals surface area contributed by atoms with E-state index in [2.05, 4.69) is 10.6 Å². The van der Waals surface area contributed by atoms with Crippen LogP contribution in [0.3, 0.4) is 0 Å². The van der Waals surface area contributed by atoms with E-state index in [1.54, 1.807) is 24.3 Å². The number of nitro groups is 2. The molecule has 0 aliphatic rings. The first kappa shape index (κ1) is 16.9. The summed E-state index contributed by atoms with van der Waals surface area (Å²) in [5, 5.41) is 27.7. The van der Waals surface area contributed by atoms with Gasteiger partial charge in [-0.25, -0.2) is 0 Å². The number of hydrogen-bond donors (Lipinski definition) is 2. The van der Waals surface area contributed by atoms with E-state index in [0.29, 0.717) is 0 Å². The van der Waals surface area contributed by atoms with Crippen LogP contribution in [0, 0.1) is 20.2 Å². The summed E-state index contributed by atoms with van der Waals surface area (Å²) < 4.78 is 0. The van der Waals surface area contributed by atoms with Crippen molar-refractivity contribution in [2.24, 2.45) is 0 Å². The molecule has 0 atom stereocenters. The molecule has 8 nitrogen and oxygen atoms in total. The van der Waals surface area contributed by atoms with Gasteiger partial charge in [0.1, 0.15) is 0 Å². The maximum absolute atomic E-state index is 10.7. The van der Waals surface area contributed by atoms with Gasteiger partial charge < -0.3 is 10.6 Å². The Morgan fingerprint density at radius 1 is 0.577 bits per heavy atom. The molecule has 8 heteroatoms. The zero-order valence-electron chi connectivity index (χ0n) is 13.5. The van der Waals surface area contributed by atoms with Crippen LogP contribution in [0.5, 0.6) is 0 Å². The number of nitrogens with one attached hydrogen (secondary N) is 2. The Morgan fingerprint density at radius 2 is 0.962 bits per heavy atom. The molecule has 130 valence electrons. The summed E-state index contributed by atoms with van der Waals surface area (Å²) in [4.78, 5) is 20.5. The Labute approximate surface area is 148 Å². The van der Waals surface area contributed by atoms with Crippen molar-refractivity contribution in [3.63, 3.8) is 0 Å². The second-order valence-corrected chi connectivity index (χ2v) is 5.44. The molecular formula is C18H14N4O4. The molecule has 3 aromatic rings. The van der Waals surface area contributed by atoms with Gasteiger partial charge in [0, 0.05) is 47.0 Å². The van der Waals surface area contributed by atoms with Crippen LogP contribution in [0.4, 0.5) is 34.1 Å². The van der Waals surface area contributed by atoms with Crippen LogP contribution in [0.15, 0.2) is 72.8 Å². The molecule has 0 saturated carbocycles. The normalized spacial score (nSPS) is 10.2. The lowest BCUT2D eigenvalue weighted by molar-refractivity contribution is -0.385. The van der Waals surface area contributed by atoms with Gasteiger partial charge in [-0.1, -0.05) is 6.07 Å². The SMILES string of the molecule is O=[N+]([O-])c1ccc(Nc2cccc(Nc3ccc([N+](=O)[O-])cc3)c2)cc1. The first-order valence-corrected chi connectivity index (χ1v) is 7.64. The molecule has 0 aliphatic heterocycles. The smallest absolute Gasteiger partial charge is 0.269 e. The van der Waals surface area contributed by atoms with Crippen molar-refractivity contribution in [2.75, 3.05) is 10.6 Å². The standard InChI is InChI=1S/C18H14N4O4/c23-21(24)17-8-4-13(5-9-17)19-15-2-1-3-16(12-15)20-14-6-10-18(11-7-14)22(25)26/h1-12,19-20H. The molecule has 0 amide bonds. The Hall–Kier alpha value is -3.94. The maximum atomic E-state index is 10.7. The molecule has 3 aromatic carbocycles. The molecule has 0 saturated heterocycles. The first-order valence-electron chi connectivity index (χ1n) is 7.64. The van der Waals surface area contributed by atoms with Crippen molar-refractivity contribution >= 4 is 34.1 Å². The summed E-state index contributed by atoms with van der Waals surface area (Å²) in [6.07, 6.45) is 0. The summed E-state index contributed by atoms with van der Waals surface area (Å²) in [5.41, 5.74) is 3.11. The molecule has 0 bridgehead atoms. The molecule has 0 unspecified atom stereocenters. The number of anilines is 4. The second kappa shape index (κ2) is 7.31. The molecule has 0 heterocycles. The summed E-state index contributed by atoms with van der Waals surface area (Å²) in [6, 6.07) is 19.7. The van der Waals surface area contributed by atoms with Gasteiger partial charge in [0.2, 0.25) is 0 Å². The number of non-ortho nitro benzene ring substituents is 2. The van der Waals surface area contributed by atoms with Crippen molar-refractivity contribution < 1.29 is 9.85 Å². The van der Waals surface area contributed by atoms with E-state index in [-0.39, 0.29) is 11.4 Å². The quantitative estimate of drug-likeness (QED) is 0.478. The third-order valence-corrected chi connectivity index (χ3v) is 3.60. The zero-order valence-corrected chi connectivity index (χ0v) is 13.5. The Bertz CT molecular complexity index is 865. The largest absolute Gasteiger partial charge is 0.355 e. The predicted molar refractivity (Wildman–Crippen MR) is 99.2 cm³/mol. The van der Waals surface area contributed by atoms with Gasteiger partial charge in [-0.2, -0.15) is 0 Å². The monoisotopic (exact) mass is 350 g/mol. The number of nitrogens with zero attached hydrogens (tertiary/aromatic N) is 2. The molecule has 0 aromatic heterocycles. The van der Waals surface area contributed by atoms with Gasteiger partial charge in [-0.3, -0.25) is 20.2 Å². The van der Waals surface area contributed by atoms with Crippen LogP contribution in [-0.4, -0.2) is 9.85 Å². The number of benzene rings is 3. The van der Waals surface area contributed by atoms with Crippen molar-refractivity contribution in [1.82, 2.24) is 0 Å². The van der Waals surface area contributed by atoms with E-state index in [4.69, 9.17) is 0 Å². The van der Waals surface area contributed by atoms with Gasteiger partial charge in [0.05, 0.1) is 9.85 Å². The minimum Gasteiger partial charge on any atom is -0.355 e. The van der Waals surface area contributed by atoms with E-state index < -0.39 is 9.85 Å². The topological polar surface area (TPSA) is 110 Å². The van der Waals surface area contributed by atoms with E-state index in [9.17, 15) is 20.2 Å². The highest BCUT2D eigenvalue weighted by Gasteiger charge is 2.06. The molecule has 2 N–H and O–H groups in total. The second-order valence-electron chi connectivity index (χ2n) is 5.44. The molecule has 26 heavy (non-hydrogen) atoms. The third kappa shape index (κ3) is 4.12. The van der Waals surface area contributed by atoms with Crippen molar-refractivity contribution in [1.29, 1.82) is 0 Å². The minimum atomic E-state index is -0.446. The lowest BCUT2D eigenvalue weighted by Crippen LogP contribution is -1.95. The molecule has 0 aliphatic carbocycles. The molecule has 0 radical (unpaired) electrons. The average Bonchev–Trinajstić information content (AvgIpc) is 2.63. The van der Waals surface area contributed by atoms with Crippen molar-refractivity contribution in [2.45, 2.75) is 0 Å². The Kier molecular flexibility index (Phi) is 4.75. The number of rotatable bonds is 6. The van der Waals surface area contributed by atoms with Crippen LogP contribution in [-0.2, 0) is 0 Å². The van der Waals surface area contributed by atoms with E-state index in [0.717, 1.165) is 22.7 Å². The highest BCUT2D eigenvalue weighted by molar-refractivity contribution is 5.69. The lowest BCUT2D eigenvalue weighted by Gasteiger charge is -2.10. The fourth-order valence-electron chi connectivity index (χ4n) is 2.34. The predicted octanol–water partition coefficient (Wildman–Crippen LogP) is 4.99. The van der Waals surface area contributed by atoms with Crippen LogP contribution >= 0.6 is 0 Å².